The maximum Gasteiger partial charge on any atom is 0.264 e. The second kappa shape index (κ2) is 13.2. The van der Waals surface area contributed by atoms with Crippen LogP contribution in [-0.4, -0.2) is 24.1 Å². The smallest absolute Gasteiger partial charge is 0.264 e. The van der Waals surface area contributed by atoms with Crippen molar-refractivity contribution in [3.8, 4) is 0 Å². The van der Waals surface area contributed by atoms with Crippen LogP contribution in [0.2, 0.25) is 0 Å². The van der Waals surface area contributed by atoms with E-state index in [2.05, 4.69) is 25.8 Å². The molecule has 8 heteroatoms. The standard InChI is InChI=1S/C31H40F4N2O2.C2H6.CH4.H2/c1-16-5-8-21-20-7-6-18-15-19(9-12-31(18,4)22(20)10-13-30(16,21)3)36-14-11-23(38)37-29(39)24-27(34)25(32)17(2)26(33)28(24)35;1-2;;/h16,18,20-22H,5-15H2,1-4H3,(H,37,38,39);1-2H3;1H4;1H. The van der Waals surface area contributed by atoms with Crippen LogP contribution >= 0.6 is 0 Å². The summed E-state index contributed by atoms with van der Waals surface area (Å²) >= 11 is 0. The van der Waals surface area contributed by atoms with Crippen molar-refractivity contribution in [2.24, 2.45) is 45.4 Å². The first-order valence-electron chi connectivity index (χ1n) is 15.6. The van der Waals surface area contributed by atoms with Crippen LogP contribution in [0.1, 0.15) is 124 Å². The number of amides is 2. The second-order valence-electron chi connectivity index (χ2n) is 13.2. The molecular weight excluding hydrogens is 544 g/mol. The van der Waals surface area contributed by atoms with E-state index in [0.717, 1.165) is 55.6 Å². The number of nitrogens with one attached hydrogen (secondary N) is 1. The molecule has 0 aromatic heterocycles. The minimum Gasteiger partial charge on any atom is -0.294 e. The summed E-state index contributed by atoms with van der Waals surface area (Å²) in [5.41, 5.74) is -0.383. The van der Waals surface area contributed by atoms with Gasteiger partial charge in [-0.3, -0.25) is 19.9 Å². The predicted molar refractivity (Wildman–Crippen MR) is 161 cm³/mol. The zero-order valence-corrected chi connectivity index (χ0v) is 25.4. The lowest BCUT2D eigenvalue weighted by Crippen LogP contribution is -2.53. The maximum atomic E-state index is 14.1. The lowest BCUT2D eigenvalue weighted by atomic mass is 9.45. The topological polar surface area (TPSA) is 58.5 Å². The summed E-state index contributed by atoms with van der Waals surface area (Å²) < 4.78 is 55.8. The largest absolute Gasteiger partial charge is 0.294 e. The van der Waals surface area contributed by atoms with E-state index >= 15 is 0 Å². The molecule has 0 saturated heterocycles. The van der Waals surface area contributed by atoms with Gasteiger partial charge in [-0.2, -0.15) is 0 Å². The van der Waals surface area contributed by atoms with Crippen molar-refractivity contribution in [1.82, 2.24) is 5.32 Å². The van der Waals surface area contributed by atoms with Gasteiger partial charge in [-0.25, -0.2) is 17.6 Å². The maximum absolute atomic E-state index is 14.1. The van der Waals surface area contributed by atoms with Gasteiger partial charge in [0.1, 0.15) is 5.56 Å². The first kappa shape index (κ1) is 34.2. The van der Waals surface area contributed by atoms with Crippen LogP contribution in [0.4, 0.5) is 17.6 Å². The molecular formula is C34H52F4N2O2. The molecule has 1 aromatic rings. The zero-order valence-electron chi connectivity index (χ0n) is 25.4. The summed E-state index contributed by atoms with van der Waals surface area (Å²) in [4.78, 5) is 29.1. The lowest BCUT2D eigenvalue weighted by Gasteiger charge is -2.60. The Morgan fingerprint density at radius 3 is 2.17 bits per heavy atom. The molecule has 4 nitrogen and oxygen atoms in total. The third-order valence-corrected chi connectivity index (χ3v) is 11.6. The molecule has 0 spiro atoms. The Morgan fingerprint density at radius 1 is 0.905 bits per heavy atom. The van der Waals surface area contributed by atoms with Crippen LogP contribution in [0.5, 0.6) is 0 Å². The number of hydrogen-bond acceptors (Lipinski definition) is 3. The quantitative estimate of drug-likeness (QED) is 0.278. The van der Waals surface area contributed by atoms with Crippen molar-refractivity contribution in [3.63, 3.8) is 0 Å². The molecule has 238 valence electrons. The van der Waals surface area contributed by atoms with E-state index in [0.29, 0.717) is 16.7 Å². The summed E-state index contributed by atoms with van der Waals surface area (Å²) in [6.07, 6.45) is 10.7. The Hall–Kier alpha value is -2.25. The Labute approximate surface area is 251 Å². The number of fused-ring (bicyclic) bond motifs is 5. The number of halogens is 4. The van der Waals surface area contributed by atoms with Gasteiger partial charge in [-0.1, -0.05) is 42.0 Å². The first-order chi connectivity index (χ1) is 19.4. The van der Waals surface area contributed by atoms with Crippen LogP contribution in [0.25, 0.3) is 0 Å². The van der Waals surface area contributed by atoms with Crippen molar-refractivity contribution in [3.05, 3.63) is 34.4 Å². The van der Waals surface area contributed by atoms with E-state index in [1.165, 1.54) is 38.5 Å². The van der Waals surface area contributed by atoms with Crippen molar-refractivity contribution < 1.29 is 28.6 Å². The van der Waals surface area contributed by atoms with Gasteiger partial charge in [-0.05, 0) is 105 Å². The third kappa shape index (κ3) is 5.80. The molecule has 4 fully saturated rings. The highest BCUT2D eigenvalue weighted by Crippen LogP contribution is 2.67. The fourth-order valence-electron chi connectivity index (χ4n) is 8.97. The average molecular weight is 597 g/mol. The van der Waals surface area contributed by atoms with E-state index in [9.17, 15) is 27.2 Å². The number of nitrogens with zero attached hydrogens (tertiary/aromatic N) is 1. The minimum atomic E-state index is -1.82. The Morgan fingerprint density at radius 2 is 1.52 bits per heavy atom. The number of rotatable bonds is 4. The number of hydrogen-bond donors (Lipinski definition) is 1. The molecule has 1 aromatic carbocycles. The van der Waals surface area contributed by atoms with Gasteiger partial charge in [0.05, 0.1) is 0 Å². The molecule has 4 saturated carbocycles. The highest BCUT2D eigenvalue weighted by atomic mass is 19.2. The Balaban J connectivity index is 0.00000158. The second-order valence-corrected chi connectivity index (χ2v) is 13.2. The summed E-state index contributed by atoms with van der Waals surface area (Å²) in [6.45, 7) is 12.5. The normalized spacial score (nSPS) is 34.2. The molecule has 0 heterocycles. The molecule has 7 unspecified atom stereocenters. The van der Waals surface area contributed by atoms with E-state index in [-0.39, 0.29) is 21.8 Å². The van der Waals surface area contributed by atoms with Gasteiger partial charge < -0.3 is 0 Å². The molecule has 4 aliphatic carbocycles. The molecule has 1 N–H and O–H groups in total. The number of aliphatic imine (C=N–C) groups is 1. The van der Waals surface area contributed by atoms with Gasteiger partial charge >= 0.3 is 0 Å². The van der Waals surface area contributed by atoms with Crippen molar-refractivity contribution >= 4 is 17.5 Å². The summed E-state index contributed by atoms with van der Waals surface area (Å²) in [5.74, 6) is -5.39. The molecule has 5 rings (SSSR count). The van der Waals surface area contributed by atoms with E-state index in [1.54, 1.807) is 0 Å². The molecule has 0 bridgehead atoms. The van der Waals surface area contributed by atoms with Gasteiger partial charge in [0, 0.05) is 25.7 Å². The van der Waals surface area contributed by atoms with E-state index in [4.69, 9.17) is 0 Å². The van der Waals surface area contributed by atoms with Crippen LogP contribution in [0.3, 0.4) is 0 Å². The third-order valence-electron chi connectivity index (χ3n) is 11.6. The summed E-state index contributed by atoms with van der Waals surface area (Å²) in [5, 5.41) is 1.84. The molecule has 0 aliphatic heterocycles. The number of carbonyl (C=O) groups excluding carboxylic acids is 2. The highest BCUT2D eigenvalue weighted by molar-refractivity contribution is 6.05. The van der Waals surface area contributed by atoms with Gasteiger partial charge in [0.2, 0.25) is 5.91 Å². The van der Waals surface area contributed by atoms with Gasteiger partial charge in [0.15, 0.2) is 23.3 Å². The number of benzene rings is 1. The summed E-state index contributed by atoms with van der Waals surface area (Å²) in [6, 6.07) is 0. The highest BCUT2D eigenvalue weighted by Gasteiger charge is 2.59. The van der Waals surface area contributed by atoms with E-state index in [1.807, 2.05) is 19.2 Å². The van der Waals surface area contributed by atoms with Crippen LogP contribution in [0, 0.1) is 70.6 Å². The fourth-order valence-corrected chi connectivity index (χ4v) is 8.97. The zero-order chi connectivity index (χ0) is 30.3. The lowest BCUT2D eigenvalue weighted by molar-refractivity contribution is -0.119. The van der Waals surface area contributed by atoms with Crippen molar-refractivity contribution in [2.75, 3.05) is 6.54 Å². The SMILES string of the molecule is C.CC.Cc1c(F)c(F)c(C(=O)NC(=O)CCN=C2CCC3(C)C(CCC4C5CCC(C)C5(C)CCC43)C2)c(F)c1F.[HH]. The van der Waals surface area contributed by atoms with Crippen LogP contribution in [0.15, 0.2) is 4.99 Å². The molecule has 42 heavy (non-hydrogen) atoms. The average Bonchev–Trinajstić information content (AvgIpc) is 3.26. The predicted octanol–water partition coefficient (Wildman–Crippen LogP) is 9.23. The van der Waals surface area contributed by atoms with E-state index < -0.39 is 46.2 Å². The fraction of sp³-hybridized carbons (Fsp3) is 0.735. The van der Waals surface area contributed by atoms with Crippen LogP contribution in [-0.2, 0) is 4.79 Å². The first-order valence-corrected chi connectivity index (χ1v) is 15.6. The van der Waals surface area contributed by atoms with Crippen LogP contribution < -0.4 is 5.32 Å². The van der Waals surface area contributed by atoms with Gasteiger partial charge in [-0.15, -0.1) is 0 Å². The molecule has 2 amide bonds. The Kier molecular flexibility index (Phi) is 10.7. The van der Waals surface area contributed by atoms with Gasteiger partial charge in [0.25, 0.3) is 5.91 Å². The van der Waals surface area contributed by atoms with Crippen molar-refractivity contribution in [2.45, 2.75) is 113 Å². The number of carbonyl (C=O) groups is 2. The summed E-state index contributed by atoms with van der Waals surface area (Å²) in [7, 11) is 0. The van der Waals surface area contributed by atoms with Crippen molar-refractivity contribution in [1.29, 1.82) is 0 Å². The number of imide groups is 1. The molecule has 4 aliphatic rings. The monoisotopic (exact) mass is 596 g/mol. The minimum absolute atomic E-state index is 0. The molecule has 0 radical (unpaired) electrons. The Bertz CT molecular complexity index is 1190. The molecule has 7 atom stereocenters.